The van der Waals surface area contributed by atoms with Crippen molar-refractivity contribution in [3.8, 4) is 5.75 Å². The number of nitrogens with zero attached hydrogens (tertiary/aromatic N) is 5. The maximum absolute atomic E-state index is 6.30. The number of aromatic nitrogens is 2. The predicted molar refractivity (Wildman–Crippen MR) is 147 cm³/mol. The minimum absolute atomic E-state index is 0.627. The summed E-state index contributed by atoms with van der Waals surface area (Å²) in [5, 5.41) is 0.877. The molecule has 3 aliphatic rings. The smallest absolute Gasteiger partial charge is 0.161 e. The number of rotatable bonds is 8. The van der Waals surface area contributed by atoms with E-state index in [1.807, 2.05) is 18.5 Å². The molecule has 4 heterocycles. The van der Waals surface area contributed by atoms with Gasteiger partial charge in [0.05, 0.1) is 24.1 Å². The monoisotopic (exact) mass is 506 g/mol. The van der Waals surface area contributed by atoms with E-state index in [9.17, 15) is 0 Å². The summed E-state index contributed by atoms with van der Waals surface area (Å²) < 4.78 is 5.93. The minimum Gasteiger partial charge on any atom is -0.488 e. The molecule has 5 rings (SSSR count). The molecule has 1 fully saturated rings. The SMILES string of the molecule is C=C(N)CCN1CCN(CCc2cc(N3CCOc4cnc(C5=CCCC(Cl)=C5)cc43)ccn2)CC1. The third-order valence-electron chi connectivity index (χ3n) is 7.08. The fourth-order valence-electron chi connectivity index (χ4n) is 4.97. The number of halogens is 1. The molecule has 2 aliphatic heterocycles. The second-order valence-electron chi connectivity index (χ2n) is 9.67. The molecule has 7 nitrogen and oxygen atoms in total. The van der Waals surface area contributed by atoms with Gasteiger partial charge in [0.25, 0.3) is 0 Å². The lowest BCUT2D eigenvalue weighted by molar-refractivity contribution is 0.134. The highest BCUT2D eigenvalue weighted by Gasteiger charge is 2.22. The van der Waals surface area contributed by atoms with Gasteiger partial charge >= 0.3 is 0 Å². The zero-order valence-electron chi connectivity index (χ0n) is 20.8. The Bertz CT molecular complexity index is 1150. The Hall–Kier alpha value is -2.87. The van der Waals surface area contributed by atoms with Gasteiger partial charge < -0.3 is 25.2 Å². The van der Waals surface area contributed by atoms with E-state index in [0.29, 0.717) is 6.61 Å². The summed E-state index contributed by atoms with van der Waals surface area (Å²) in [5.41, 5.74) is 11.8. The molecular weight excluding hydrogens is 472 g/mol. The molecule has 0 amide bonds. The van der Waals surface area contributed by atoms with Crippen LogP contribution in [0.4, 0.5) is 11.4 Å². The van der Waals surface area contributed by atoms with Crippen LogP contribution in [0.3, 0.4) is 0 Å². The van der Waals surface area contributed by atoms with Gasteiger partial charge in [-0.3, -0.25) is 9.97 Å². The van der Waals surface area contributed by atoms with Crippen molar-refractivity contribution in [1.82, 2.24) is 19.8 Å². The molecule has 1 aliphatic carbocycles. The van der Waals surface area contributed by atoms with Crippen LogP contribution in [0, 0.1) is 0 Å². The molecule has 0 radical (unpaired) electrons. The number of pyridine rings is 2. The zero-order chi connectivity index (χ0) is 24.9. The first kappa shape index (κ1) is 24.8. The van der Waals surface area contributed by atoms with Crippen molar-refractivity contribution < 1.29 is 4.74 Å². The molecule has 190 valence electrons. The topological polar surface area (TPSA) is 70.8 Å². The van der Waals surface area contributed by atoms with Crippen LogP contribution in [0.25, 0.3) is 5.57 Å². The van der Waals surface area contributed by atoms with E-state index < -0.39 is 0 Å². The van der Waals surface area contributed by atoms with Crippen LogP contribution in [0.2, 0.25) is 0 Å². The molecule has 0 unspecified atom stereocenters. The van der Waals surface area contributed by atoms with Crippen molar-refractivity contribution in [1.29, 1.82) is 0 Å². The van der Waals surface area contributed by atoms with Crippen LogP contribution in [0.15, 0.2) is 60.1 Å². The van der Waals surface area contributed by atoms with Crippen LogP contribution in [-0.2, 0) is 6.42 Å². The Kier molecular flexibility index (Phi) is 7.90. The van der Waals surface area contributed by atoms with Crippen molar-refractivity contribution >= 4 is 28.5 Å². The maximum atomic E-state index is 6.30. The van der Waals surface area contributed by atoms with Crippen molar-refractivity contribution in [3.05, 3.63) is 71.4 Å². The molecule has 0 bridgehead atoms. The van der Waals surface area contributed by atoms with Crippen molar-refractivity contribution in [2.24, 2.45) is 5.73 Å². The number of allylic oxidation sites excluding steroid dienone is 4. The first-order chi connectivity index (χ1) is 17.5. The average Bonchev–Trinajstić information content (AvgIpc) is 2.91. The molecule has 1 saturated heterocycles. The van der Waals surface area contributed by atoms with Gasteiger partial charge in [-0.15, -0.1) is 0 Å². The number of ether oxygens (including phenoxy) is 1. The van der Waals surface area contributed by atoms with Crippen molar-refractivity contribution in [3.63, 3.8) is 0 Å². The zero-order valence-corrected chi connectivity index (χ0v) is 21.6. The van der Waals surface area contributed by atoms with E-state index in [2.05, 4.69) is 55.5 Å². The highest BCUT2D eigenvalue weighted by molar-refractivity contribution is 6.30. The molecule has 2 aromatic heterocycles. The Morgan fingerprint density at radius 2 is 1.89 bits per heavy atom. The summed E-state index contributed by atoms with van der Waals surface area (Å²) in [6, 6.07) is 6.42. The van der Waals surface area contributed by atoms with E-state index >= 15 is 0 Å². The van der Waals surface area contributed by atoms with Crippen LogP contribution >= 0.6 is 11.6 Å². The maximum Gasteiger partial charge on any atom is 0.161 e. The molecule has 2 aromatic rings. The number of nitrogens with two attached hydrogens (primary N) is 1. The van der Waals surface area contributed by atoms with Gasteiger partial charge in [-0.1, -0.05) is 24.3 Å². The number of piperazine rings is 1. The molecule has 0 atom stereocenters. The summed E-state index contributed by atoms with van der Waals surface area (Å²) in [6.07, 6.45) is 11.6. The van der Waals surface area contributed by atoms with Crippen LogP contribution in [0.1, 0.15) is 30.7 Å². The molecule has 2 N–H and O–H groups in total. The first-order valence-electron chi connectivity index (χ1n) is 12.8. The second-order valence-corrected chi connectivity index (χ2v) is 10.2. The lowest BCUT2D eigenvalue weighted by Gasteiger charge is -2.34. The first-order valence-corrected chi connectivity index (χ1v) is 13.2. The van der Waals surface area contributed by atoms with Crippen molar-refractivity contribution in [2.75, 3.05) is 57.3 Å². The lowest BCUT2D eigenvalue weighted by Crippen LogP contribution is -2.47. The third kappa shape index (κ3) is 6.09. The minimum atomic E-state index is 0.627. The fraction of sp³-hybridized carbons (Fsp3) is 0.429. The number of hydrogen-bond donors (Lipinski definition) is 1. The van der Waals surface area contributed by atoms with Gasteiger partial charge in [0.1, 0.15) is 6.61 Å². The number of hydrogen-bond acceptors (Lipinski definition) is 7. The third-order valence-corrected chi connectivity index (χ3v) is 7.37. The molecule has 36 heavy (non-hydrogen) atoms. The summed E-state index contributed by atoms with van der Waals surface area (Å²) in [7, 11) is 0. The van der Waals surface area contributed by atoms with Crippen LogP contribution in [0.5, 0.6) is 5.75 Å². The fourth-order valence-corrected chi connectivity index (χ4v) is 5.20. The van der Waals surface area contributed by atoms with Crippen LogP contribution < -0.4 is 15.4 Å². The normalized spacial score (nSPS) is 18.8. The Labute approximate surface area is 218 Å². The molecule has 0 aromatic carbocycles. The number of fused-ring (bicyclic) bond motifs is 1. The Morgan fingerprint density at radius 3 is 2.67 bits per heavy atom. The molecule has 0 spiro atoms. The quantitative estimate of drug-likeness (QED) is 0.571. The standard InChI is InChI=1S/C28H35ClN6O/c1-21(30)6-9-33-11-13-34(14-12-33)10-7-24-18-25(5-8-31-24)35-15-16-36-28-20-32-26(19-27(28)35)22-3-2-4-23(29)17-22/h3,5,8,17-20H,1-2,4,6-7,9-16,30H2. The average molecular weight is 507 g/mol. The lowest BCUT2D eigenvalue weighted by atomic mass is 10.0. The van der Waals surface area contributed by atoms with Crippen LogP contribution in [-0.4, -0.2) is 72.2 Å². The van der Waals surface area contributed by atoms with Gasteiger partial charge in [-0.25, -0.2) is 0 Å². The predicted octanol–water partition coefficient (Wildman–Crippen LogP) is 4.33. The van der Waals surface area contributed by atoms with Gasteiger partial charge in [-0.05, 0) is 49.1 Å². The highest BCUT2D eigenvalue weighted by Crippen LogP contribution is 2.38. The summed E-state index contributed by atoms with van der Waals surface area (Å²) in [5.74, 6) is 0.811. The molecule has 8 heteroatoms. The van der Waals surface area contributed by atoms with Gasteiger partial charge in [-0.2, -0.15) is 0 Å². The van der Waals surface area contributed by atoms with Gasteiger partial charge in [0.15, 0.2) is 5.75 Å². The number of anilines is 2. The van der Waals surface area contributed by atoms with E-state index in [1.165, 1.54) is 0 Å². The second kappa shape index (κ2) is 11.5. The van der Waals surface area contributed by atoms with E-state index in [0.717, 1.165) is 116 Å². The van der Waals surface area contributed by atoms with E-state index in [1.54, 1.807) is 0 Å². The Balaban J connectivity index is 1.24. The molecule has 0 saturated carbocycles. The Morgan fingerprint density at radius 1 is 1.08 bits per heavy atom. The van der Waals surface area contributed by atoms with Gasteiger partial charge in [0.2, 0.25) is 0 Å². The van der Waals surface area contributed by atoms with Gasteiger partial charge in [0, 0.05) is 74.0 Å². The van der Waals surface area contributed by atoms with Crippen molar-refractivity contribution in [2.45, 2.75) is 25.7 Å². The molecular formula is C28H35ClN6O. The largest absolute Gasteiger partial charge is 0.488 e. The summed E-state index contributed by atoms with van der Waals surface area (Å²) in [6.45, 7) is 11.6. The van der Waals surface area contributed by atoms with E-state index in [4.69, 9.17) is 22.1 Å². The van der Waals surface area contributed by atoms with E-state index in [-0.39, 0.29) is 0 Å². The highest BCUT2D eigenvalue weighted by atomic mass is 35.5. The summed E-state index contributed by atoms with van der Waals surface area (Å²) in [4.78, 5) is 16.6. The summed E-state index contributed by atoms with van der Waals surface area (Å²) >= 11 is 6.30.